The lowest BCUT2D eigenvalue weighted by Gasteiger charge is -2.25. The van der Waals surface area contributed by atoms with E-state index >= 15 is 0 Å². The summed E-state index contributed by atoms with van der Waals surface area (Å²) < 4.78 is 0. The van der Waals surface area contributed by atoms with Gasteiger partial charge in [0.15, 0.2) is 0 Å². The Labute approximate surface area is 109 Å². The maximum absolute atomic E-state index is 4.79. The summed E-state index contributed by atoms with van der Waals surface area (Å²) in [5.41, 5.74) is 2.57. The van der Waals surface area contributed by atoms with Gasteiger partial charge >= 0.3 is 0 Å². The van der Waals surface area contributed by atoms with Gasteiger partial charge in [-0.25, -0.2) is 9.97 Å². The van der Waals surface area contributed by atoms with Crippen molar-refractivity contribution in [1.29, 1.82) is 0 Å². The molecule has 1 aromatic heterocycles. The molecule has 3 rings (SSSR count). The average molecular weight is 246 g/mol. The standard InChI is InChI=1S/C14H22N4/c1-3-11-4-7-18(9-11)14-15-8-12-10-17(2)6-5-13(12)16-14/h8,11H,3-7,9-10H2,1-2H3. The topological polar surface area (TPSA) is 32.3 Å². The third-order valence-corrected chi connectivity index (χ3v) is 4.26. The van der Waals surface area contributed by atoms with Gasteiger partial charge < -0.3 is 9.80 Å². The van der Waals surface area contributed by atoms with Crippen molar-refractivity contribution in [1.82, 2.24) is 14.9 Å². The summed E-state index contributed by atoms with van der Waals surface area (Å²) in [6.45, 7) is 6.64. The van der Waals surface area contributed by atoms with Crippen LogP contribution in [0.1, 0.15) is 31.0 Å². The minimum atomic E-state index is 0.829. The molecular formula is C14H22N4. The van der Waals surface area contributed by atoms with Crippen molar-refractivity contribution in [2.75, 3.05) is 31.6 Å². The van der Waals surface area contributed by atoms with Gasteiger partial charge in [-0.3, -0.25) is 0 Å². The molecule has 3 heterocycles. The Bertz CT molecular complexity index is 432. The second-order valence-corrected chi connectivity index (χ2v) is 5.64. The molecule has 2 aliphatic rings. The molecule has 98 valence electrons. The van der Waals surface area contributed by atoms with E-state index in [1.54, 1.807) is 0 Å². The first kappa shape index (κ1) is 11.9. The molecule has 0 radical (unpaired) electrons. The summed E-state index contributed by atoms with van der Waals surface area (Å²) >= 11 is 0. The van der Waals surface area contributed by atoms with Gasteiger partial charge in [-0.15, -0.1) is 0 Å². The van der Waals surface area contributed by atoms with E-state index in [-0.39, 0.29) is 0 Å². The Balaban J connectivity index is 1.78. The molecule has 2 aliphatic heterocycles. The molecule has 1 fully saturated rings. The van der Waals surface area contributed by atoms with Gasteiger partial charge in [0.2, 0.25) is 5.95 Å². The zero-order chi connectivity index (χ0) is 12.5. The number of hydrogen-bond acceptors (Lipinski definition) is 4. The average Bonchev–Trinajstić information content (AvgIpc) is 2.87. The SMILES string of the molecule is CCC1CCN(c2ncc3c(n2)CCN(C)C3)C1. The van der Waals surface area contributed by atoms with Crippen molar-refractivity contribution < 1.29 is 0 Å². The zero-order valence-electron chi connectivity index (χ0n) is 11.4. The minimum Gasteiger partial charge on any atom is -0.341 e. The maximum atomic E-state index is 4.79. The zero-order valence-corrected chi connectivity index (χ0v) is 11.4. The summed E-state index contributed by atoms with van der Waals surface area (Å²) in [5.74, 6) is 1.78. The molecule has 0 bridgehead atoms. The Morgan fingerprint density at radius 1 is 1.39 bits per heavy atom. The van der Waals surface area contributed by atoms with E-state index in [0.717, 1.165) is 44.5 Å². The number of anilines is 1. The molecular weight excluding hydrogens is 224 g/mol. The van der Waals surface area contributed by atoms with Gasteiger partial charge in [-0.05, 0) is 19.4 Å². The lowest BCUT2D eigenvalue weighted by atomic mass is 10.1. The summed E-state index contributed by atoms with van der Waals surface area (Å²) in [6, 6.07) is 0. The molecule has 0 amide bonds. The highest BCUT2D eigenvalue weighted by Crippen LogP contribution is 2.24. The lowest BCUT2D eigenvalue weighted by molar-refractivity contribution is 0.309. The highest BCUT2D eigenvalue weighted by molar-refractivity contribution is 5.35. The Hall–Kier alpha value is -1.16. The smallest absolute Gasteiger partial charge is 0.225 e. The summed E-state index contributed by atoms with van der Waals surface area (Å²) in [6.07, 6.45) is 5.66. The van der Waals surface area contributed by atoms with Crippen LogP contribution >= 0.6 is 0 Å². The predicted octanol–water partition coefficient (Wildman–Crippen LogP) is 1.70. The Kier molecular flexibility index (Phi) is 3.20. The first-order valence-electron chi connectivity index (χ1n) is 7.04. The fourth-order valence-electron chi connectivity index (χ4n) is 2.95. The molecule has 1 saturated heterocycles. The van der Waals surface area contributed by atoms with Gasteiger partial charge in [0.25, 0.3) is 0 Å². The second kappa shape index (κ2) is 4.84. The number of likely N-dealkylation sites (N-methyl/N-ethyl adjacent to an activating group) is 1. The molecule has 1 unspecified atom stereocenters. The van der Waals surface area contributed by atoms with E-state index < -0.39 is 0 Å². The third-order valence-electron chi connectivity index (χ3n) is 4.26. The van der Waals surface area contributed by atoms with Gasteiger partial charge in [0.05, 0.1) is 5.69 Å². The first-order chi connectivity index (χ1) is 8.76. The van der Waals surface area contributed by atoms with Crippen LogP contribution in [0.25, 0.3) is 0 Å². The van der Waals surface area contributed by atoms with Crippen LogP contribution in [0.4, 0.5) is 5.95 Å². The monoisotopic (exact) mass is 246 g/mol. The van der Waals surface area contributed by atoms with Crippen molar-refractivity contribution >= 4 is 5.95 Å². The number of nitrogens with zero attached hydrogens (tertiary/aromatic N) is 4. The van der Waals surface area contributed by atoms with E-state index in [9.17, 15) is 0 Å². The predicted molar refractivity (Wildman–Crippen MR) is 72.7 cm³/mol. The molecule has 1 atom stereocenters. The second-order valence-electron chi connectivity index (χ2n) is 5.64. The van der Waals surface area contributed by atoms with Crippen LogP contribution in [0.5, 0.6) is 0 Å². The summed E-state index contributed by atoms with van der Waals surface area (Å²) in [5, 5.41) is 0. The number of rotatable bonds is 2. The van der Waals surface area contributed by atoms with Crippen LogP contribution in [-0.2, 0) is 13.0 Å². The molecule has 18 heavy (non-hydrogen) atoms. The van der Waals surface area contributed by atoms with Crippen molar-refractivity contribution in [2.24, 2.45) is 5.92 Å². The Morgan fingerprint density at radius 3 is 3.06 bits per heavy atom. The van der Waals surface area contributed by atoms with E-state index in [2.05, 4.69) is 28.8 Å². The first-order valence-corrected chi connectivity index (χ1v) is 7.04. The summed E-state index contributed by atoms with van der Waals surface area (Å²) in [7, 11) is 2.16. The molecule has 4 heteroatoms. The highest BCUT2D eigenvalue weighted by Gasteiger charge is 2.24. The van der Waals surface area contributed by atoms with Crippen molar-refractivity contribution in [2.45, 2.75) is 32.7 Å². The normalized spacial score (nSPS) is 24.3. The van der Waals surface area contributed by atoms with Gasteiger partial charge in [0, 0.05) is 44.4 Å². The maximum Gasteiger partial charge on any atom is 0.225 e. The van der Waals surface area contributed by atoms with Gasteiger partial charge in [-0.2, -0.15) is 0 Å². The van der Waals surface area contributed by atoms with E-state index in [1.165, 1.54) is 24.1 Å². The number of hydrogen-bond donors (Lipinski definition) is 0. The molecule has 1 aromatic rings. The van der Waals surface area contributed by atoms with Crippen LogP contribution in [0.15, 0.2) is 6.20 Å². The van der Waals surface area contributed by atoms with Crippen molar-refractivity contribution in [3.8, 4) is 0 Å². The van der Waals surface area contributed by atoms with Crippen LogP contribution in [0.2, 0.25) is 0 Å². The molecule has 0 N–H and O–H groups in total. The highest BCUT2D eigenvalue weighted by atomic mass is 15.3. The van der Waals surface area contributed by atoms with Crippen molar-refractivity contribution in [3.05, 3.63) is 17.5 Å². The van der Waals surface area contributed by atoms with Gasteiger partial charge in [0.1, 0.15) is 0 Å². The van der Waals surface area contributed by atoms with E-state index in [1.807, 2.05) is 6.20 Å². The van der Waals surface area contributed by atoms with Crippen LogP contribution in [0, 0.1) is 5.92 Å². The van der Waals surface area contributed by atoms with Crippen LogP contribution in [-0.4, -0.2) is 41.5 Å². The number of aromatic nitrogens is 2. The third kappa shape index (κ3) is 2.21. The fourth-order valence-corrected chi connectivity index (χ4v) is 2.95. The van der Waals surface area contributed by atoms with Gasteiger partial charge in [-0.1, -0.05) is 13.3 Å². The van der Waals surface area contributed by atoms with Crippen LogP contribution < -0.4 is 4.90 Å². The largest absolute Gasteiger partial charge is 0.341 e. The van der Waals surface area contributed by atoms with Crippen LogP contribution in [0.3, 0.4) is 0 Å². The van der Waals surface area contributed by atoms with E-state index in [4.69, 9.17) is 4.98 Å². The molecule has 4 nitrogen and oxygen atoms in total. The molecule has 0 spiro atoms. The van der Waals surface area contributed by atoms with E-state index in [0.29, 0.717) is 0 Å². The lowest BCUT2D eigenvalue weighted by Crippen LogP contribution is -2.29. The molecule has 0 saturated carbocycles. The molecule has 0 aromatic carbocycles. The number of fused-ring (bicyclic) bond motifs is 1. The Morgan fingerprint density at radius 2 is 2.28 bits per heavy atom. The summed E-state index contributed by atoms with van der Waals surface area (Å²) in [4.78, 5) is 14.0. The minimum absolute atomic E-state index is 0.829. The fraction of sp³-hybridized carbons (Fsp3) is 0.714. The van der Waals surface area contributed by atoms with Crippen molar-refractivity contribution in [3.63, 3.8) is 0 Å². The quantitative estimate of drug-likeness (QED) is 0.795. The molecule has 0 aliphatic carbocycles.